The number of nitrogens with zero attached hydrogens (tertiary/aromatic N) is 1. The fourth-order valence-electron chi connectivity index (χ4n) is 2.35. The Morgan fingerprint density at radius 2 is 2.18 bits per heavy atom. The van der Waals surface area contributed by atoms with Gasteiger partial charge in [0.15, 0.2) is 11.8 Å². The van der Waals surface area contributed by atoms with Crippen molar-refractivity contribution in [3.05, 3.63) is 61.9 Å². The first-order chi connectivity index (χ1) is 13.3. The lowest BCUT2D eigenvalue weighted by Crippen LogP contribution is -2.19. The van der Waals surface area contributed by atoms with E-state index >= 15 is 0 Å². The zero-order chi connectivity index (χ0) is 20.3. The number of amides is 1. The largest absolute Gasteiger partial charge is 0.481 e. The van der Waals surface area contributed by atoms with Gasteiger partial charge in [0.05, 0.1) is 10.6 Å². The van der Waals surface area contributed by atoms with Crippen molar-refractivity contribution in [1.29, 1.82) is 0 Å². The first kappa shape index (κ1) is 20.4. The Morgan fingerprint density at radius 1 is 1.39 bits per heavy atom. The van der Waals surface area contributed by atoms with Crippen molar-refractivity contribution < 1.29 is 19.4 Å². The van der Waals surface area contributed by atoms with Gasteiger partial charge < -0.3 is 15.2 Å². The van der Waals surface area contributed by atoms with E-state index in [2.05, 4.69) is 26.2 Å². The van der Waals surface area contributed by atoms with Crippen LogP contribution in [0, 0.1) is 6.92 Å². The maximum Gasteiger partial charge on any atom is 0.341 e. The molecule has 0 saturated carbocycles. The van der Waals surface area contributed by atoms with E-state index in [4.69, 9.17) is 21.4 Å². The summed E-state index contributed by atoms with van der Waals surface area (Å²) in [5, 5.41) is 12.6. The van der Waals surface area contributed by atoms with Gasteiger partial charge in [-0.3, -0.25) is 4.79 Å². The zero-order valence-electron chi connectivity index (χ0n) is 14.5. The number of aliphatic carboxylic acids is 1. The smallest absolute Gasteiger partial charge is 0.341 e. The number of hydrogen-bond donors (Lipinski definition) is 2. The Labute approximate surface area is 178 Å². The molecule has 1 saturated heterocycles. The number of rotatable bonds is 5. The van der Waals surface area contributed by atoms with Gasteiger partial charge in [-0.05, 0) is 60.7 Å². The highest BCUT2D eigenvalue weighted by Crippen LogP contribution is 2.33. The molecule has 1 amide bonds. The lowest BCUT2D eigenvalue weighted by molar-refractivity contribution is -0.139. The summed E-state index contributed by atoms with van der Waals surface area (Å²) < 4.78 is 6.07. The van der Waals surface area contributed by atoms with Crippen LogP contribution >= 0.6 is 39.3 Å². The van der Waals surface area contributed by atoms with E-state index in [1.807, 2.05) is 13.0 Å². The van der Waals surface area contributed by atoms with Crippen molar-refractivity contribution in [3.63, 3.8) is 0 Å². The highest BCUT2D eigenvalue weighted by Gasteiger charge is 2.24. The maximum absolute atomic E-state index is 12.3. The van der Waals surface area contributed by atoms with Crippen LogP contribution in [-0.4, -0.2) is 28.8 Å². The van der Waals surface area contributed by atoms with Crippen LogP contribution in [-0.2, 0) is 9.59 Å². The van der Waals surface area contributed by atoms with Gasteiger partial charge in [-0.15, -0.1) is 0 Å². The summed E-state index contributed by atoms with van der Waals surface area (Å²) in [5.74, 6) is -1.02. The molecule has 0 spiro atoms. The van der Waals surface area contributed by atoms with Crippen LogP contribution in [0.5, 0.6) is 5.75 Å². The number of halogens is 2. The van der Waals surface area contributed by atoms with Gasteiger partial charge in [-0.2, -0.15) is 0 Å². The van der Waals surface area contributed by atoms with E-state index in [-0.39, 0.29) is 5.91 Å². The number of carbonyl (C=O) groups excluding carboxylic acids is 1. The predicted molar refractivity (Wildman–Crippen MR) is 114 cm³/mol. The molecule has 0 bridgehead atoms. The Bertz CT molecular complexity index is 1020. The summed E-state index contributed by atoms with van der Waals surface area (Å²) in [6, 6.07) is 10.5. The van der Waals surface area contributed by atoms with E-state index in [0.717, 1.165) is 10.0 Å². The summed E-state index contributed by atoms with van der Waals surface area (Å²) in [5.41, 5.74) is 2.07. The quantitative estimate of drug-likeness (QED) is 0.601. The second-order valence-electron chi connectivity index (χ2n) is 5.73. The van der Waals surface area contributed by atoms with E-state index in [1.54, 1.807) is 36.4 Å². The molecule has 144 valence electrons. The summed E-state index contributed by atoms with van der Waals surface area (Å²) in [6.07, 6.45) is 1.63. The van der Waals surface area contributed by atoms with Crippen LogP contribution in [0.2, 0.25) is 5.02 Å². The van der Waals surface area contributed by atoms with E-state index in [1.165, 1.54) is 11.8 Å². The summed E-state index contributed by atoms with van der Waals surface area (Å²) in [4.78, 5) is 28.0. The molecular weight excluding hydrogens is 468 g/mol. The Kier molecular flexibility index (Phi) is 6.43. The molecule has 1 aliphatic rings. The lowest BCUT2D eigenvalue weighted by Gasteiger charge is -2.08. The Hall–Kier alpha value is -2.29. The van der Waals surface area contributed by atoms with Crippen molar-refractivity contribution in [2.75, 3.05) is 6.61 Å². The number of aliphatic imine (C=N–C) groups is 1. The summed E-state index contributed by atoms with van der Waals surface area (Å²) >= 11 is 10.7. The van der Waals surface area contributed by atoms with Crippen LogP contribution < -0.4 is 10.1 Å². The van der Waals surface area contributed by atoms with Crippen molar-refractivity contribution >= 4 is 68.1 Å². The number of amidine groups is 1. The number of benzene rings is 2. The predicted octanol–water partition coefficient (Wildman–Crippen LogP) is 4.77. The Balaban J connectivity index is 1.89. The van der Waals surface area contributed by atoms with Crippen LogP contribution in [0.4, 0.5) is 5.69 Å². The minimum Gasteiger partial charge on any atom is -0.481 e. The fraction of sp³-hybridized carbons (Fsp3) is 0.105. The minimum atomic E-state index is -1.08. The highest BCUT2D eigenvalue weighted by atomic mass is 79.9. The normalized spacial score (nSPS) is 16.5. The second-order valence-corrected chi connectivity index (χ2v) is 8.08. The second kappa shape index (κ2) is 8.81. The maximum atomic E-state index is 12.3. The van der Waals surface area contributed by atoms with E-state index in [0.29, 0.717) is 32.1 Å². The molecule has 0 unspecified atom stereocenters. The van der Waals surface area contributed by atoms with Crippen LogP contribution in [0.1, 0.15) is 11.1 Å². The SMILES string of the molecule is Cc1c(Cl)cccc1N=C1NC(=O)/C(=C\c2cc(Br)ccc2OCC(=O)O)S1. The molecule has 2 aromatic rings. The molecule has 6 nitrogen and oxygen atoms in total. The molecule has 0 atom stereocenters. The van der Waals surface area contributed by atoms with Crippen molar-refractivity contribution in [2.24, 2.45) is 4.99 Å². The molecule has 2 aromatic carbocycles. The van der Waals surface area contributed by atoms with Gasteiger partial charge in [0.25, 0.3) is 5.91 Å². The van der Waals surface area contributed by atoms with Crippen molar-refractivity contribution in [2.45, 2.75) is 6.92 Å². The number of carboxylic acid groups (broad SMARTS) is 1. The third kappa shape index (κ3) is 4.95. The number of carbonyl (C=O) groups is 2. The van der Waals surface area contributed by atoms with E-state index in [9.17, 15) is 9.59 Å². The summed E-state index contributed by atoms with van der Waals surface area (Å²) in [6.45, 7) is 1.38. The van der Waals surface area contributed by atoms with Crippen molar-refractivity contribution in [3.8, 4) is 5.75 Å². The molecule has 3 rings (SSSR count). The number of ether oxygens (including phenoxy) is 1. The third-order valence-electron chi connectivity index (χ3n) is 3.72. The number of thioether (sulfide) groups is 1. The molecule has 0 radical (unpaired) electrons. The number of hydrogen-bond acceptors (Lipinski definition) is 5. The van der Waals surface area contributed by atoms with Crippen LogP contribution in [0.15, 0.2) is 50.8 Å². The molecule has 1 fully saturated rings. The first-order valence-corrected chi connectivity index (χ1v) is 10.0. The molecular formula is C19H14BrClN2O4S. The molecule has 0 aromatic heterocycles. The van der Waals surface area contributed by atoms with Crippen LogP contribution in [0.25, 0.3) is 6.08 Å². The van der Waals surface area contributed by atoms with Gasteiger partial charge in [0, 0.05) is 15.1 Å². The highest BCUT2D eigenvalue weighted by molar-refractivity contribution is 9.10. The van der Waals surface area contributed by atoms with Gasteiger partial charge >= 0.3 is 5.97 Å². The summed E-state index contributed by atoms with van der Waals surface area (Å²) in [7, 11) is 0. The Morgan fingerprint density at radius 3 is 2.93 bits per heavy atom. The monoisotopic (exact) mass is 480 g/mol. The first-order valence-electron chi connectivity index (χ1n) is 8.02. The van der Waals surface area contributed by atoms with Gasteiger partial charge in [0.2, 0.25) is 0 Å². The molecule has 1 heterocycles. The lowest BCUT2D eigenvalue weighted by atomic mass is 10.2. The topological polar surface area (TPSA) is 88.0 Å². The average molecular weight is 482 g/mol. The number of carboxylic acids is 1. The molecule has 2 N–H and O–H groups in total. The molecule has 9 heteroatoms. The van der Waals surface area contributed by atoms with Gasteiger partial charge in [-0.25, -0.2) is 9.79 Å². The number of nitrogens with one attached hydrogen (secondary N) is 1. The van der Waals surface area contributed by atoms with Gasteiger partial charge in [0.1, 0.15) is 5.75 Å². The molecule has 0 aliphatic carbocycles. The minimum absolute atomic E-state index is 0.299. The standard InChI is InChI=1S/C19H14BrClN2O4S/c1-10-13(21)3-2-4-14(10)22-19-23-18(26)16(28-19)8-11-7-12(20)5-6-15(11)27-9-17(24)25/h2-8H,9H2,1H3,(H,24,25)(H,22,23,26)/b16-8+. The van der Waals surface area contributed by atoms with E-state index < -0.39 is 12.6 Å². The third-order valence-corrected chi connectivity index (χ3v) is 5.53. The average Bonchev–Trinajstić information content (AvgIpc) is 2.97. The zero-order valence-corrected chi connectivity index (χ0v) is 17.7. The fourth-order valence-corrected chi connectivity index (χ4v) is 3.73. The molecule has 1 aliphatic heterocycles. The van der Waals surface area contributed by atoms with Crippen molar-refractivity contribution in [1.82, 2.24) is 5.32 Å². The molecule has 28 heavy (non-hydrogen) atoms. The van der Waals surface area contributed by atoms with Gasteiger partial charge in [-0.1, -0.05) is 33.6 Å². The van der Waals surface area contributed by atoms with Crippen LogP contribution in [0.3, 0.4) is 0 Å².